The van der Waals surface area contributed by atoms with Crippen LogP contribution in [-0.4, -0.2) is 10.7 Å². The summed E-state index contributed by atoms with van der Waals surface area (Å²) in [5.74, 6) is 5.98. The molecule has 0 aliphatic heterocycles. The van der Waals surface area contributed by atoms with Crippen LogP contribution in [0, 0.1) is 11.8 Å². The predicted molar refractivity (Wildman–Crippen MR) is 50.7 cm³/mol. The zero-order chi connectivity index (χ0) is 8.86. The van der Waals surface area contributed by atoms with Crippen molar-refractivity contribution in [1.29, 1.82) is 0 Å². The van der Waals surface area contributed by atoms with E-state index in [2.05, 4.69) is 11.8 Å². The van der Waals surface area contributed by atoms with Gasteiger partial charge in [0, 0.05) is 6.42 Å². The van der Waals surface area contributed by atoms with E-state index in [-0.39, 0.29) is 0 Å². The summed E-state index contributed by atoms with van der Waals surface area (Å²) in [7, 11) is 0. The third-order valence-electron chi connectivity index (χ3n) is 2.43. The summed E-state index contributed by atoms with van der Waals surface area (Å²) < 4.78 is 0. The lowest BCUT2D eigenvalue weighted by atomic mass is 9.95. The Morgan fingerprint density at radius 2 is 1.75 bits per heavy atom. The lowest BCUT2D eigenvalue weighted by Crippen LogP contribution is -2.25. The highest BCUT2D eigenvalue weighted by Gasteiger charge is 2.24. The van der Waals surface area contributed by atoms with Crippen LogP contribution in [0.4, 0.5) is 0 Å². The molecule has 1 rings (SSSR count). The molecule has 0 aromatic rings. The second-order valence-electron chi connectivity index (χ2n) is 3.60. The van der Waals surface area contributed by atoms with Gasteiger partial charge < -0.3 is 5.11 Å². The van der Waals surface area contributed by atoms with Crippen molar-refractivity contribution in [3.8, 4) is 11.8 Å². The van der Waals surface area contributed by atoms with E-state index in [1.54, 1.807) is 0 Å². The Kier molecular flexibility index (Phi) is 3.62. The van der Waals surface area contributed by atoms with Crippen LogP contribution in [0.25, 0.3) is 0 Å². The topological polar surface area (TPSA) is 20.2 Å². The molecule has 0 aromatic heterocycles. The third-order valence-corrected chi connectivity index (χ3v) is 2.43. The molecular weight excluding hydrogens is 148 g/mol. The monoisotopic (exact) mass is 166 g/mol. The van der Waals surface area contributed by atoms with Crippen LogP contribution in [0.3, 0.4) is 0 Å². The van der Waals surface area contributed by atoms with Gasteiger partial charge in [-0.05, 0) is 25.7 Å². The molecule has 0 atom stereocenters. The standard InChI is InChI=1S/C11H18O/c1-2-3-8-11(12)9-6-4-5-7-10-11/h12H,2,4-7,9-10H2,1H3. The number of aliphatic hydroxyl groups is 1. The fraction of sp³-hybridized carbons (Fsp3) is 0.818. The maximum atomic E-state index is 10.0. The molecule has 0 spiro atoms. The van der Waals surface area contributed by atoms with Gasteiger partial charge in [-0.3, -0.25) is 0 Å². The summed E-state index contributed by atoms with van der Waals surface area (Å²) in [4.78, 5) is 0. The summed E-state index contributed by atoms with van der Waals surface area (Å²) in [6.07, 6.45) is 7.39. The molecule has 1 saturated carbocycles. The van der Waals surface area contributed by atoms with Gasteiger partial charge in [0.1, 0.15) is 5.60 Å². The highest BCUT2D eigenvalue weighted by Crippen LogP contribution is 2.26. The summed E-state index contributed by atoms with van der Waals surface area (Å²) in [5, 5.41) is 10.0. The Balaban J connectivity index is 2.54. The first-order chi connectivity index (χ1) is 5.77. The van der Waals surface area contributed by atoms with Crippen LogP contribution in [-0.2, 0) is 0 Å². The minimum atomic E-state index is -0.646. The van der Waals surface area contributed by atoms with Gasteiger partial charge in [-0.15, -0.1) is 5.92 Å². The van der Waals surface area contributed by atoms with E-state index in [0.29, 0.717) is 0 Å². The smallest absolute Gasteiger partial charge is 0.125 e. The van der Waals surface area contributed by atoms with E-state index < -0.39 is 5.60 Å². The Bertz CT molecular complexity index is 177. The lowest BCUT2D eigenvalue weighted by Gasteiger charge is -2.19. The van der Waals surface area contributed by atoms with Crippen LogP contribution in [0.15, 0.2) is 0 Å². The van der Waals surface area contributed by atoms with Crippen molar-refractivity contribution >= 4 is 0 Å². The van der Waals surface area contributed by atoms with Crippen LogP contribution in [0.5, 0.6) is 0 Å². The fourth-order valence-electron chi connectivity index (χ4n) is 1.69. The van der Waals surface area contributed by atoms with Gasteiger partial charge in [-0.2, -0.15) is 0 Å². The Morgan fingerprint density at radius 3 is 2.25 bits per heavy atom. The molecule has 0 aromatic carbocycles. The van der Waals surface area contributed by atoms with Gasteiger partial charge in [-0.25, -0.2) is 0 Å². The molecule has 1 fully saturated rings. The average molecular weight is 166 g/mol. The van der Waals surface area contributed by atoms with E-state index in [1.165, 1.54) is 12.8 Å². The van der Waals surface area contributed by atoms with Crippen LogP contribution < -0.4 is 0 Å². The highest BCUT2D eigenvalue weighted by molar-refractivity contribution is 5.13. The van der Waals surface area contributed by atoms with Crippen LogP contribution >= 0.6 is 0 Å². The molecule has 0 unspecified atom stereocenters. The van der Waals surface area contributed by atoms with Gasteiger partial charge in [0.15, 0.2) is 0 Å². The van der Waals surface area contributed by atoms with Gasteiger partial charge in [0.05, 0.1) is 0 Å². The minimum absolute atomic E-state index is 0.646. The van der Waals surface area contributed by atoms with Crippen LogP contribution in [0.2, 0.25) is 0 Å². The van der Waals surface area contributed by atoms with Crippen molar-refractivity contribution in [2.45, 2.75) is 57.5 Å². The van der Waals surface area contributed by atoms with Gasteiger partial charge in [0.25, 0.3) is 0 Å². The SMILES string of the molecule is CCC#CC1(O)CCCCCC1. The van der Waals surface area contributed by atoms with Crippen molar-refractivity contribution in [2.24, 2.45) is 0 Å². The van der Waals surface area contributed by atoms with Crippen molar-refractivity contribution in [3.63, 3.8) is 0 Å². The number of rotatable bonds is 0. The zero-order valence-electron chi connectivity index (χ0n) is 7.90. The molecule has 68 valence electrons. The summed E-state index contributed by atoms with van der Waals surface area (Å²) >= 11 is 0. The average Bonchev–Trinajstić information content (AvgIpc) is 2.27. The van der Waals surface area contributed by atoms with Crippen molar-refractivity contribution in [3.05, 3.63) is 0 Å². The molecular formula is C11H18O. The molecule has 0 amide bonds. The molecule has 1 nitrogen and oxygen atoms in total. The molecule has 0 saturated heterocycles. The Labute approximate surface area is 75.2 Å². The molecule has 0 radical (unpaired) electrons. The first kappa shape index (κ1) is 9.61. The van der Waals surface area contributed by atoms with E-state index in [0.717, 1.165) is 32.1 Å². The van der Waals surface area contributed by atoms with Crippen molar-refractivity contribution in [1.82, 2.24) is 0 Å². The van der Waals surface area contributed by atoms with Gasteiger partial charge in [-0.1, -0.05) is 25.7 Å². The fourth-order valence-corrected chi connectivity index (χ4v) is 1.69. The number of hydrogen-bond donors (Lipinski definition) is 1. The van der Waals surface area contributed by atoms with E-state index in [1.807, 2.05) is 6.92 Å². The highest BCUT2D eigenvalue weighted by atomic mass is 16.3. The molecule has 1 N–H and O–H groups in total. The maximum absolute atomic E-state index is 10.0. The van der Waals surface area contributed by atoms with Gasteiger partial charge in [0.2, 0.25) is 0 Å². The molecule has 12 heavy (non-hydrogen) atoms. The quantitative estimate of drug-likeness (QED) is 0.433. The molecule has 0 heterocycles. The predicted octanol–water partition coefficient (Wildman–Crippen LogP) is 2.49. The van der Waals surface area contributed by atoms with Gasteiger partial charge >= 0.3 is 0 Å². The van der Waals surface area contributed by atoms with Crippen LogP contribution in [0.1, 0.15) is 51.9 Å². The Morgan fingerprint density at radius 1 is 1.17 bits per heavy atom. The number of hydrogen-bond acceptors (Lipinski definition) is 1. The lowest BCUT2D eigenvalue weighted by molar-refractivity contribution is 0.0848. The van der Waals surface area contributed by atoms with Crippen molar-refractivity contribution < 1.29 is 5.11 Å². The Hall–Kier alpha value is -0.480. The zero-order valence-corrected chi connectivity index (χ0v) is 7.90. The van der Waals surface area contributed by atoms with E-state index >= 15 is 0 Å². The molecule has 1 aliphatic carbocycles. The minimum Gasteiger partial charge on any atom is -0.378 e. The summed E-state index contributed by atoms with van der Waals surface area (Å²) in [6, 6.07) is 0. The normalized spacial score (nSPS) is 22.2. The first-order valence-electron chi connectivity index (χ1n) is 4.99. The second kappa shape index (κ2) is 4.52. The first-order valence-corrected chi connectivity index (χ1v) is 4.99. The molecule has 1 heteroatoms. The maximum Gasteiger partial charge on any atom is 0.125 e. The summed E-state index contributed by atoms with van der Waals surface area (Å²) in [5.41, 5.74) is -0.646. The second-order valence-corrected chi connectivity index (χ2v) is 3.60. The third kappa shape index (κ3) is 2.87. The van der Waals surface area contributed by atoms with Crippen molar-refractivity contribution in [2.75, 3.05) is 0 Å². The van der Waals surface area contributed by atoms with E-state index in [4.69, 9.17) is 0 Å². The summed E-state index contributed by atoms with van der Waals surface area (Å²) in [6.45, 7) is 2.02. The van der Waals surface area contributed by atoms with E-state index in [9.17, 15) is 5.11 Å². The molecule has 1 aliphatic rings. The largest absolute Gasteiger partial charge is 0.378 e. The molecule has 0 bridgehead atoms.